The fourth-order valence-electron chi connectivity index (χ4n) is 2.75. The van der Waals surface area contributed by atoms with Crippen molar-refractivity contribution in [2.45, 2.75) is 19.4 Å². The third-order valence-electron chi connectivity index (χ3n) is 3.76. The molecular weight excluding hydrogens is 240 g/mol. The van der Waals surface area contributed by atoms with Gasteiger partial charge in [-0.15, -0.1) is 0 Å². The average Bonchev–Trinajstić information content (AvgIpc) is 3.05. The van der Waals surface area contributed by atoms with Crippen LogP contribution in [0.5, 0.6) is 0 Å². The van der Waals surface area contributed by atoms with E-state index in [-0.39, 0.29) is 6.04 Å². The summed E-state index contributed by atoms with van der Waals surface area (Å²) in [4.78, 5) is 7.67. The second-order valence-corrected chi connectivity index (χ2v) is 4.93. The molecule has 0 unspecified atom stereocenters. The lowest BCUT2D eigenvalue weighted by atomic mass is 9.97. The fraction of sp³-hybridized carbons (Fsp3) is 0.286. The highest BCUT2D eigenvalue weighted by atomic mass is 16.5. The summed E-state index contributed by atoms with van der Waals surface area (Å²) in [5.41, 5.74) is 5.28. The minimum atomic E-state index is 0.147. The summed E-state index contributed by atoms with van der Waals surface area (Å²) in [6.07, 6.45) is 2.77. The predicted octanol–water partition coefficient (Wildman–Crippen LogP) is 2.09. The van der Waals surface area contributed by atoms with Crippen LogP contribution in [0.2, 0.25) is 0 Å². The van der Waals surface area contributed by atoms with Crippen LogP contribution < -0.4 is 5.32 Å². The number of nitrogens with zero attached hydrogens (tertiary/aromatic N) is 2. The van der Waals surface area contributed by atoms with Crippen LogP contribution >= 0.6 is 0 Å². The van der Waals surface area contributed by atoms with Crippen LogP contribution in [-0.4, -0.2) is 21.7 Å². The lowest BCUT2D eigenvalue weighted by Gasteiger charge is -2.23. The second kappa shape index (κ2) is 3.93. The van der Waals surface area contributed by atoms with Crippen molar-refractivity contribution in [2.75, 3.05) is 6.54 Å². The fourth-order valence-corrected chi connectivity index (χ4v) is 2.75. The normalized spacial score (nSPS) is 18.7. The number of fused-ring (bicyclic) bond motifs is 2. The molecule has 2 N–H and O–H groups in total. The third kappa shape index (κ3) is 1.58. The van der Waals surface area contributed by atoms with Gasteiger partial charge in [-0.25, -0.2) is 4.98 Å². The lowest BCUT2D eigenvalue weighted by molar-refractivity contribution is 0.450. The summed E-state index contributed by atoms with van der Waals surface area (Å²) in [6.45, 7) is 2.92. The zero-order valence-electron chi connectivity index (χ0n) is 10.6. The van der Waals surface area contributed by atoms with Crippen LogP contribution in [0.1, 0.15) is 28.7 Å². The van der Waals surface area contributed by atoms with Gasteiger partial charge in [0.25, 0.3) is 0 Å². The van der Waals surface area contributed by atoms with Gasteiger partial charge < -0.3 is 14.8 Å². The van der Waals surface area contributed by atoms with Gasteiger partial charge in [-0.2, -0.15) is 0 Å². The summed E-state index contributed by atoms with van der Waals surface area (Å²) in [5.74, 6) is 0. The van der Waals surface area contributed by atoms with Crippen LogP contribution in [0.3, 0.4) is 0 Å². The SMILES string of the molecule is Cc1noc2ccc([C@@H]3NCCc4[nH]cnc43)cc12. The lowest BCUT2D eigenvalue weighted by Crippen LogP contribution is -2.30. The van der Waals surface area contributed by atoms with Gasteiger partial charge in [-0.3, -0.25) is 0 Å². The van der Waals surface area contributed by atoms with E-state index in [0.717, 1.165) is 35.3 Å². The number of nitrogens with one attached hydrogen (secondary N) is 2. The van der Waals surface area contributed by atoms with Crippen molar-refractivity contribution in [3.63, 3.8) is 0 Å². The Kier molecular flexibility index (Phi) is 2.22. The molecule has 19 heavy (non-hydrogen) atoms. The van der Waals surface area contributed by atoms with Gasteiger partial charge >= 0.3 is 0 Å². The first kappa shape index (κ1) is 10.8. The van der Waals surface area contributed by atoms with Crippen LogP contribution in [0.15, 0.2) is 29.0 Å². The van der Waals surface area contributed by atoms with E-state index in [1.807, 2.05) is 13.0 Å². The number of aromatic nitrogens is 3. The number of hydrogen-bond acceptors (Lipinski definition) is 4. The quantitative estimate of drug-likeness (QED) is 0.698. The number of aromatic amines is 1. The van der Waals surface area contributed by atoms with Crippen molar-refractivity contribution >= 4 is 11.0 Å². The molecule has 0 saturated heterocycles. The summed E-state index contributed by atoms with van der Waals surface area (Å²) >= 11 is 0. The first-order valence-corrected chi connectivity index (χ1v) is 6.44. The second-order valence-electron chi connectivity index (χ2n) is 4.93. The molecule has 0 saturated carbocycles. The maximum atomic E-state index is 5.25. The molecule has 5 heteroatoms. The number of rotatable bonds is 1. The van der Waals surface area contributed by atoms with E-state index in [9.17, 15) is 0 Å². The Morgan fingerprint density at radius 3 is 3.26 bits per heavy atom. The van der Waals surface area contributed by atoms with E-state index in [2.05, 4.69) is 32.6 Å². The van der Waals surface area contributed by atoms with Crippen molar-refractivity contribution in [2.24, 2.45) is 0 Å². The zero-order valence-corrected chi connectivity index (χ0v) is 10.6. The molecule has 2 aromatic heterocycles. The Hall–Kier alpha value is -2.14. The molecule has 3 heterocycles. The summed E-state index contributed by atoms with van der Waals surface area (Å²) in [7, 11) is 0. The largest absolute Gasteiger partial charge is 0.356 e. The maximum Gasteiger partial charge on any atom is 0.167 e. The van der Waals surface area contributed by atoms with Gasteiger partial charge in [-0.1, -0.05) is 11.2 Å². The van der Waals surface area contributed by atoms with E-state index < -0.39 is 0 Å². The molecule has 3 aromatic rings. The molecule has 5 nitrogen and oxygen atoms in total. The Balaban J connectivity index is 1.85. The van der Waals surface area contributed by atoms with Crippen LogP contribution in [0, 0.1) is 6.92 Å². The molecule has 0 spiro atoms. The molecule has 0 amide bonds. The number of aryl methyl sites for hydroxylation is 1. The number of benzene rings is 1. The Bertz CT molecular complexity index is 743. The Labute approximate surface area is 110 Å². The minimum absolute atomic E-state index is 0.147. The monoisotopic (exact) mass is 254 g/mol. The van der Waals surface area contributed by atoms with E-state index in [0.29, 0.717) is 0 Å². The van der Waals surface area contributed by atoms with Crippen LogP contribution in [0.4, 0.5) is 0 Å². The van der Waals surface area contributed by atoms with Crippen molar-refractivity contribution in [3.8, 4) is 0 Å². The Morgan fingerprint density at radius 1 is 1.37 bits per heavy atom. The van der Waals surface area contributed by atoms with Gasteiger partial charge in [0.1, 0.15) is 0 Å². The standard InChI is InChI=1S/C14H14N4O/c1-8-10-6-9(2-3-12(10)19-18-8)13-14-11(4-5-15-13)16-7-17-14/h2-3,6-7,13,15H,4-5H2,1H3,(H,16,17)/t13-/m0/s1. The highest BCUT2D eigenvalue weighted by molar-refractivity contribution is 5.80. The van der Waals surface area contributed by atoms with Gasteiger partial charge in [0.2, 0.25) is 0 Å². The van der Waals surface area contributed by atoms with E-state index in [4.69, 9.17) is 4.52 Å². The first-order chi connectivity index (χ1) is 9.33. The first-order valence-electron chi connectivity index (χ1n) is 6.44. The molecule has 4 rings (SSSR count). The van der Waals surface area contributed by atoms with Crippen LogP contribution in [0.25, 0.3) is 11.0 Å². The van der Waals surface area contributed by atoms with E-state index in [1.54, 1.807) is 6.33 Å². The van der Waals surface area contributed by atoms with Gasteiger partial charge in [-0.05, 0) is 24.6 Å². The molecule has 96 valence electrons. The van der Waals surface area contributed by atoms with E-state index >= 15 is 0 Å². The summed E-state index contributed by atoms with van der Waals surface area (Å²) < 4.78 is 5.25. The van der Waals surface area contributed by atoms with Gasteiger partial charge in [0.15, 0.2) is 5.58 Å². The Morgan fingerprint density at radius 2 is 2.32 bits per heavy atom. The highest BCUT2D eigenvalue weighted by Gasteiger charge is 2.24. The molecule has 1 aliphatic heterocycles. The van der Waals surface area contributed by atoms with Crippen LogP contribution in [-0.2, 0) is 6.42 Å². The maximum absolute atomic E-state index is 5.25. The van der Waals surface area contributed by atoms with Crippen molar-refractivity contribution in [1.82, 2.24) is 20.4 Å². The van der Waals surface area contributed by atoms with E-state index in [1.165, 1.54) is 11.3 Å². The molecule has 0 fully saturated rings. The topological polar surface area (TPSA) is 66.7 Å². The summed E-state index contributed by atoms with van der Waals surface area (Å²) in [6, 6.07) is 6.35. The molecule has 0 radical (unpaired) electrons. The van der Waals surface area contributed by atoms with Gasteiger partial charge in [0.05, 0.1) is 23.8 Å². The molecular formula is C14H14N4O. The number of hydrogen-bond donors (Lipinski definition) is 2. The molecule has 0 aliphatic carbocycles. The number of H-pyrrole nitrogens is 1. The zero-order chi connectivity index (χ0) is 12.8. The molecule has 1 atom stereocenters. The summed E-state index contributed by atoms with van der Waals surface area (Å²) in [5, 5.41) is 8.59. The molecule has 0 bridgehead atoms. The highest BCUT2D eigenvalue weighted by Crippen LogP contribution is 2.29. The smallest absolute Gasteiger partial charge is 0.167 e. The predicted molar refractivity (Wildman–Crippen MR) is 70.9 cm³/mol. The van der Waals surface area contributed by atoms with Crippen molar-refractivity contribution < 1.29 is 4.52 Å². The minimum Gasteiger partial charge on any atom is -0.356 e. The molecule has 1 aromatic carbocycles. The van der Waals surface area contributed by atoms with Crippen molar-refractivity contribution in [3.05, 3.63) is 47.2 Å². The third-order valence-corrected chi connectivity index (χ3v) is 3.76. The van der Waals surface area contributed by atoms with Gasteiger partial charge in [0, 0.05) is 24.0 Å². The average molecular weight is 254 g/mol. The number of imidazole rings is 1. The molecule has 1 aliphatic rings. The van der Waals surface area contributed by atoms with Crippen molar-refractivity contribution in [1.29, 1.82) is 0 Å².